The number of nitrogens with zero attached hydrogens (tertiary/aromatic N) is 1. The van der Waals surface area contributed by atoms with Crippen molar-refractivity contribution in [2.75, 3.05) is 5.32 Å². The van der Waals surface area contributed by atoms with Crippen molar-refractivity contribution in [3.63, 3.8) is 0 Å². The van der Waals surface area contributed by atoms with Crippen LogP contribution in [0.5, 0.6) is 0 Å². The molecule has 0 radical (unpaired) electrons. The van der Waals surface area contributed by atoms with E-state index in [0.717, 1.165) is 0 Å². The number of ether oxygens (including phenoxy) is 1. The molecule has 0 saturated carbocycles. The molecule has 0 fully saturated rings. The number of esters is 1. The van der Waals surface area contributed by atoms with Gasteiger partial charge in [0.05, 0.1) is 17.2 Å². The predicted molar refractivity (Wildman–Crippen MR) is 79.2 cm³/mol. The Morgan fingerprint density at radius 3 is 2.38 bits per heavy atom. The lowest BCUT2D eigenvalue weighted by atomic mass is 10.2. The van der Waals surface area contributed by atoms with Crippen molar-refractivity contribution in [3.8, 4) is 0 Å². The molecule has 0 bridgehead atoms. The molecule has 0 aliphatic rings. The van der Waals surface area contributed by atoms with Crippen molar-refractivity contribution in [2.24, 2.45) is 0 Å². The largest absolute Gasteiger partial charge is 0.459 e. The van der Waals surface area contributed by atoms with Gasteiger partial charge in [0.25, 0.3) is 5.91 Å². The highest BCUT2D eigenvalue weighted by Gasteiger charge is 2.10. The number of aromatic nitrogens is 1. The molecule has 1 aromatic heterocycles. The van der Waals surface area contributed by atoms with Crippen LogP contribution in [0, 0.1) is 0 Å². The van der Waals surface area contributed by atoms with E-state index in [-0.39, 0.29) is 18.0 Å². The first-order valence-corrected chi connectivity index (χ1v) is 6.58. The predicted octanol–water partition coefficient (Wildman–Crippen LogP) is 2.90. The second-order valence-electron chi connectivity index (χ2n) is 4.73. The topological polar surface area (TPSA) is 68.3 Å². The molecule has 1 N–H and O–H groups in total. The lowest BCUT2D eigenvalue weighted by molar-refractivity contribution is 0.0378. The van der Waals surface area contributed by atoms with Crippen LogP contribution in [-0.4, -0.2) is 23.0 Å². The van der Waals surface area contributed by atoms with E-state index in [1.807, 2.05) is 0 Å². The molecule has 0 aliphatic heterocycles. The summed E-state index contributed by atoms with van der Waals surface area (Å²) < 4.78 is 5.09. The highest BCUT2D eigenvalue weighted by molar-refractivity contribution is 6.04. The van der Waals surface area contributed by atoms with Gasteiger partial charge in [0.15, 0.2) is 0 Å². The Morgan fingerprint density at radius 1 is 1.10 bits per heavy atom. The highest BCUT2D eigenvalue weighted by Crippen LogP contribution is 2.12. The summed E-state index contributed by atoms with van der Waals surface area (Å²) in [5.74, 6) is -0.629. The molecule has 0 atom stereocenters. The van der Waals surface area contributed by atoms with Gasteiger partial charge in [-0.3, -0.25) is 9.78 Å². The van der Waals surface area contributed by atoms with Crippen LogP contribution in [0.15, 0.2) is 48.8 Å². The molecular formula is C16H16N2O3. The van der Waals surface area contributed by atoms with Crippen LogP contribution in [0.2, 0.25) is 0 Å². The number of nitrogens with one attached hydrogen (secondary N) is 1. The summed E-state index contributed by atoms with van der Waals surface area (Å²) >= 11 is 0. The lowest BCUT2D eigenvalue weighted by Gasteiger charge is -2.09. The van der Waals surface area contributed by atoms with E-state index in [9.17, 15) is 9.59 Å². The van der Waals surface area contributed by atoms with E-state index in [2.05, 4.69) is 10.3 Å². The fraction of sp³-hybridized carbons (Fsp3) is 0.188. The molecule has 5 heteroatoms. The summed E-state index contributed by atoms with van der Waals surface area (Å²) in [5, 5.41) is 2.73. The van der Waals surface area contributed by atoms with Crippen molar-refractivity contribution in [2.45, 2.75) is 20.0 Å². The Kier molecular flexibility index (Phi) is 4.66. The maximum absolute atomic E-state index is 11.9. The smallest absolute Gasteiger partial charge is 0.338 e. The summed E-state index contributed by atoms with van der Waals surface area (Å²) in [5.41, 5.74) is 1.52. The molecule has 1 aromatic carbocycles. The van der Waals surface area contributed by atoms with E-state index in [1.165, 1.54) is 6.20 Å². The number of carbonyl (C=O) groups is 2. The van der Waals surface area contributed by atoms with Gasteiger partial charge < -0.3 is 10.1 Å². The van der Waals surface area contributed by atoms with Crippen LogP contribution in [0.1, 0.15) is 34.6 Å². The Balaban J connectivity index is 2.03. The number of anilines is 1. The van der Waals surface area contributed by atoms with E-state index < -0.39 is 0 Å². The maximum atomic E-state index is 11.9. The molecule has 5 nitrogen and oxygen atoms in total. The number of hydrogen-bond acceptors (Lipinski definition) is 4. The average molecular weight is 284 g/mol. The maximum Gasteiger partial charge on any atom is 0.338 e. The van der Waals surface area contributed by atoms with E-state index in [1.54, 1.807) is 56.4 Å². The highest BCUT2D eigenvalue weighted by atomic mass is 16.5. The third-order valence-corrected chi connectivity index (χ3v) is 2.64. The first-order valence-electron chi connectivity index (χ1n) is 6.58. The second kappa shape index (κ2) is 6.65. The number of rotatable bonds is 4. The molecule has 0 saturated heterocycles. The summed E-state index contributed by atoms with van der Waals surface area (Å²) in [6.45, 7) is 3.58. The van der Waals surface area contributed by atoms with E-state index >= 15 is 0 Å². The fourth-order valence-corrected chi connectivity index (χ4v) is 1.67. The summed E-state index contributed by atoms with van der Waals surface area (Å²) in [6.07, 6.45) is 2.93. The monoisotopic (exact) mass is 284 g/mol. The van der Waals surface area contributed by atoms with Crippen molar-refractivity contribution < 1.29 is 14.3 Å². The normalized spacial score (nSPS) is 10.2. The number of benzene rings is 1. The number of amides is 1. The third kappa shape index (κ3) is 4.14. The molecule has 0 unspecified atom stereocenters. The zero-order valence-corrected chi connectivity index (χ0v) is 11.9. The van der Waals surface area contributed by atoms with E-state index in [4.69, 9.17) is 4.74 Å². The molecule has 21 heavy (non-hydrogen) atoms. The first-order chi connectivity index (χ1) is 10.1. The Hall–Kier alpha value is -2.69. The number of carbonyl (C=O) groups excluding carboxylic acids is 2. The fourth-order valence-electron chi connectivity index (χ4n) is 1.67. The molecule has 0 aliphatic carbocycles. The van der Waals surface area contributed by atoms with Crippen molar-refractivity contribution in [3.05, 3.63) is 59.9 Å². The van der Waals surface area contributed by atoms with Gasteiger partial charge in [-0.1, -0.05) is 0 Å². The van der Waals surface area contributed by atoms with Gasteiger partial charge in [-0.2, -0.15) is 0 Å². The van der Waals surface area contributed by atoms with Gasteiger partial charge >= 0.3 is 5.97 Å². The standard InChI is InChI=1S/C16H16N2O3/c1-11(2)21-16(20)12-5-7-14(8-6-12)18-15(19)13-4-3-9-17-10-13/h3-11H,1-2H3,(H,18,19). The van der Waals surface area contributed by atoms with Gasteiger partial charge in [-0.25, -0.2) is 4.79 Å². The Labute approximate surface area is 123 Å². The number of hydrogen-bond donors (Lipinski definition) is 1. The van der Waals surface area contributed by atoms with Gasteiger partial charge in [0.1, 0.15) is 0 Å². The SMILES string of the molecule is CC(C)OC(=O)c1ccc(NC(=O)c2cccnc2)cc1. The zero-order valence-electron chi connectivity index (χ0n) is 11.9. The van der Waals surface area contributed by atoms with Gasteiger partial charge in [0.2, 0.25) is 0 Å². The van der Waals surface area contributed by atoms with Crippen LogP contribution in [0.25, 0.3) is 0 Å². The zero-order chi connectivity index (χ0) is 15.2. The molecule has 2 aromatic rings. The number of pyridine rings is 1. The quantitative estimate of drug-likeness (QED) is 0.876. The second-order valence-corrected chi connectivity index (χ2v) is 4.73. The van der Waals surface area contributed by atoms with Gasteiger partial charge in [-0.15, -0.1) is 0 Å². The molecule has 1 heterocycles. The van der Waals surface area contributed by atoms with E-state index in [0.29, 0.717) is 16.8 Å². The van der Waals surface area contributed by atoms with Crippen LogP contribution in [0.4, 0.5) is 5.69 Å². The first kappa shape index (κ1) is 14.7. The summed E-state index contributed by atoms with van der Waals surface area (Å²) in [4.78, 5) is 27.5. The summed E-state index contributed by atoms with van der Waals surface area (Å²) in [6, 6.07) is 9.92. The molecule has 2 rings (SSSR count). The molecular weight excluding hydrogens is 268 g/mol. The van der Waals surface area contributed by atoms with Crippen molar-refractivity contribution >= 4 is 17.6 Å². The van der Waals surface area contributed by atoms with Crippen molar-refractivity contribution in [1.82, 2.24) is 4.98 Å². The minimum atomic E-state index is -0.380. The Morgan fingerprint density at radius 2 is 1.81 bits per heavy atom. The molecule has 1 amide bonds. The van der Waals surface area contributed by atoms with Gasteiger partial charge in [-0.05, 0) is 50.2 Å². The van der Waals surface area contributed by atoms with Crippen LogP contribution in [-0.2, 0) is 4.74 Å². The summed E-state index contributed by atoms with van der Waals surface area (Å²) in [7, 11) is 0. The third-order valence-electron chi connectivity index (χ3n) is 2.64. The van der Waals surface area contributed by atoms with Crippen molar-refractivity contribution in [1.29, 1.82) is 0 Å². The average Bonchev–Trinajstić information content (AvgIpc) is 2.48. The van der Waals surface area contributed by atoms with Gasteiger partial charge in [0, 0.05) is 18.1 Å². The van der Waals surface area contributed by atoms with Crippen LogP contribution < -0.4 is 5.32 Å². The van der Waals surface area contributed by atoms with Crippen LogP contribution >= 0.6 is 0 Å². The Bertz CT molecular complexity index is 622. The molecule has 0 spiro atoms. The molecule has 108 valence electrons. The lowest BCUT2D eigenvalue weighted by Crippen LogP contribution is -2.13. The van der Waals surface area contributed by atoms with Crippen LogP contribution in [0.3, 0.4) is 0 Å². The minimum absolute atomic E-state index is 0.164. The minimum Gasteiger partial charge on any atom is -0.459 e.